The molecule has 1 aliphatic heterocycles. The van der Waals surface area contributed by atoms with Crippen LogP contribution in [-0.2, 0) is 10.0 Å². The van der Waals surface area contributed by atoms with Crippen LogP contribution in [0.3, 0.4) is 0 Å². The zero-order chi connectivity index (χ0) is 9.90. The second-order valence-electron chi connectivity index (χ2n) is 3.36. The van der Waals surface area contributed by atoms with Crippen LogP contribution in [0.1, 0.15) is 6.42 Å². The van der Waals surface area contributed by atoms with E-state index in [2.05, 4.69) is 11.8 Å². The van der Waals surface area contributed by atoms with Gasteiger partial charge in [-0.1, -0.05) is 0 Å². The van der Waals surface area contributed by atoms with E-state index >= 15 is 0 Å². The van der Waals surface area contributed by atoms with Crippen molar-refractivity contribution in [1.29, 1.82) is 0 Å². The molecule has 4 nitrogen and oxygen atoms in total. The van der Waals surface area contributed by atoms with Crippen LogP contribution in [-0.4, -0.2) is 56.6 Å². The van der Waals surface area contributed by atoms with Crippen LogP contribution in [0.5, 0.6) is 0 Å². The largest absolute Gasteiger partial charge is 0.302 e. The number of hydrogen-bond acceptors (Lipinski definition) is 3. The van der Waals surface area contributed by atoms with Crippen molar-refractivity contribution in [1.82, 2.24) is 9.21 Å². The zero-order valence-corrected chi connectivity index (χ0v) is 8.89. The highest BCUT2D eigenvalue weighted by molar-refractivity contribution is 7.88. The molecule has 5 heteroatoms. The average molecular weight is 205 g/mol. The summed E-state index contributed by atoms with van der Waals surface area (Å²) in [5.41, 5.74) is 0. The minimum atomic E-state index is -2.99. The molecular formula is C8H17N2O2S. The molecule has 0 aliphatic carbocycles. The number of sulfonamides is 1. The van der Waals surface area contributed by atoms with Crippen LogP contribution in [0.15, 0.2) is 0 Å². The maximum absolute atomic E-state index is 11.2. The van der Waals surface area contributed by atoms with Gasteiger partial charge in [-0.2, -0.15) is 0 Å². The van der Waals surface area contributed by atoms with Gasteiger partial charge in [0.25, 0.3) is 0 Å². The summed E-state index contributed by atoms with van der Waals surface area (Å²) in [5.74, 6) is 0. The minimum absolute atomic E-state index is 0.606. The van der Waals surface area contributed by atoms with Crippen LogP contribution >= 0.6 is 0 Å². The molecule has 1 heterocycles. The van der Waals surface area contributed by atoms with Gasteiger partial charge in [0.05, 0.1) is 6.26 Å². The molecule has 0 saturated carbocycles. The van der Waals surface area contributed by atoms with Crippen LogP contribution < -0.4 is 0 Å². The fraction of sp³-hybridized carbons (Fsp3) is 0.875. The molecule has 1 rings (SSSR count). The van der Waals surface area contributed by atoms with E-state index in [9.17, 15) is 8.42 Å². The van der Waals surface area contributed by atoms with Gasteiger partial charge in [-0.3, -0.25) is 0 Å². The Morgan fingerprint density at radius 3 is 2.46 bits per heavy atom. The molecule has 0 amide bonds. The molecule has 0 unspecified atom stereocenters. The van der Waals surface area contributed by atoms with E-state index in [4.69, 9.17) is 0 Å². The number of nitrogens with zero attached hydrogens (tertiary/aromatic N) is 2. The first-order valence-electron chi connectivity index (χ1n) is 4.51. The summed E-state index contributed by atoms with van der Waals surface area (Å²) in [6.07, 6.45) is 2.18. The third kappa shape index (κ3) is 3.25. The molecule has 0 spiro atoms. The van der Waals surface area contributed by atoms with Crippen molar-refractivity contribution in [3.05, 3.63) is 6.92 Å². The van der Waals surface area contributed by atoms with E-state index in [0.29, 0.717) is 13.1 Å². The lowest BCUT2D eigenvalue weighted by Crippen LogP contribution is -2.34. The van der Waals surface area contributed by atoms with Crippen LogP contribution in [0.25, 0.3) is 0 Å². The van der Waals surface area contributed by atoms with Gasteiger partial charge in [0.2, 0.25) is 10.0 Å². The van der Waals surface area contributed by atoms with Crippen LogP contribution in [0.2, 0.25) is 0 Å². The predicted octanol–water partition coefficient (Wildman–Crippen LogP) is -0.212. The molecule has 1 fully saturated rings. The van der Waals surface area contributed by atoms with E-state index in [1.165, 1.54) is 6.26 Å². The molecule has 1 saturated heterocycles. The second-order valence-corrected chi connectivity index (χ2v) is 5.34. The minimum Gasteiger partial charge on any atom is -0.302 e. The Morgan fingerprint density at radius 1 is 1.23 bits per heavy atom. The normalized spacial score (nSPS) is 22.9. The Labute approximate surface area is 80.6 Å². The summed E-state index contributed by atoms with van der Waals surface area (Å²) >= 11 is 0. The summed E-state index contributed by atoms with van der Waals surface area (Å²) < 4.78 is 24.0. The van der Waals surface area contributed by atoms with Gasteiger partial charge >= 0.3 is 0 Å². The highest BCUT2D eigenvalue weighted by Crippen LogP contribution is 2.05. The monoisotopic (exact) mass is 205 g/mol. The van der Waals surface area contributed by atoms with Crippen molar-refractivity contribution in [3.63, 3.8) is 0 Å². The van der Waals surface area contributed by atoms with Gasteiger partial charge in [0.1, 0.15) is 0 Å². The topological polar surface area (TPSA) is 40.6 Å². The number of rotatable bonds is 2. The lowest BCUT2D eigenvalue weighted by molar-refractivity contribution is 0.315. The molecule has 1 aliphatic rings. The van der Waals surface area contributed by atoms with Gasteiger partial charge in [-0.15, -0.1) is 0 Å². The number of hydrogen-bond donors (Lipinski definition) is 0. The first-order chi connectivity index (χ1) is 6.04. The summed E-state index contributed by atoms with van der Waals surface area (Å²) in [6, 6.07) is 0. The Bertz CT molecular complexity index is 251. The Hall–Kier alpha value is -0.130. The zero-order valence-electron chi connectivity index (χ0n) is 8.07. The van der Waals surface area contributed by atoms with Gasteiger partial charge in [0, 0.05) is 19.6 Å². The molecular weight excluding hydrogens is 188 g/mol. The highest BCUT2D eigenvalue weighted by Gasteiger charge is 2.20. The Morgan fingerprint density at radius 2 is 1.92 bits per heavy atom. The van der Waals surface area contributed by atoms with Gasteiger partial charge in [-0.05, 0) is 26.4 Å². The quantitative estimate of drug-likeness (QED) is 0.626. The smallest absolute Gasteiger partial charge is 0.211 e. The van der Waals surface area contributed by atoms with Crippen molar-refractivity contribution < 1.29 is 8.42 Å². The molecule has 0 N–H and O–H groups in total. The van der Waals surface area contributed by atoms with Crippen molar-refractivity contribution in [3.8, 4) is 0 Å². The summed E-state index contributed by atoms with van der Waals surface area (Å²) in [7, 11) is -2.99. The molecule has 0 aromatic carbocycles. The maximum atomic E-state index is 11.2. The Balaban J connectivity index is 2.55. The third-order valence-corrected chi connectivity index (χ3v) is 3.64. The summed E-state index contributed by atoms with van der Waals surface area (Å²) in [4.78, 5) is 2.17. The molecule has 0 aromatic heterocycles. The SMILES string of the molecule is [CH2]CN1CCCN(S(C)(=O)=O)CC1. The standard InChI is InChI=1S/C8H17N2O2S/c1-3-9-5-4-6-10(8-7-9)13(2,11)12/h1,3-8H2,2H3. The fourth-order valence-electron chi connectivity index (χ4n) is 1.50. The summed E-state index contributed by atoms with van der Waals surface area (Å²) in [5, 5.41) is 0. The van der Waals surface area contributed by atoms with Crippen LogP contribution in [0.4, 0.5) is 0 Å². The molecule has 0 bridgehead atoms. The Kier molecular flexibility index (Phi) is 3.70. The maximum Gasteiger partial charge on any atom is 0.211 e. The van der Waals surface area contributed by atoms with Gasteiger partial charge < -0.3 is 4.90 Å². The third-order valence-electron chi connectivity index (χ3n) is 2.33. The highest BCUT2D eigenvalue weighted by atomic mass is 32.2. The average Bonchev–Trinajstić information content (AvgIpc) is 2.26. The van der Waals surface area contributed by atoms with E-state index in [1.54, 1.807) is 4.31 Å². The fourth-order valence-corrected chi connectivity index (χ4v) is 2.38. The van der Waals surface area contributed by atoms with Gasteiger partial charge in [0.15, 0.2) is 0 Å². The van der Waals surface area contributed by atoms with Crippen LogP contribution in [0, 0.1) is 6.92 Å². The predicted molar refractivity (Wildman–Crippen MR) is 52.8 cm³/mol. The van der Waals surface area contributed by atoms with E-state index < -0.39 is 10.0 Å². The molecule has 0 atom stereocenters. The first-order valence-corrected chi connectivity index (χ1v) is 6.35. The second kappa shape index (κ2) is 4.39. The first kappa shape index (κ1) is 10.9. The van der Waals surface area contributed by atoms with E-state index in [-0.39, 0.29) is 0 Å². The molecule has 13 heavy (non-hydrogen) atoms. The van der Waals surface area contributed by atoms with Crippen molar-refractivity contribution in [2.45, 2.75) is 6.42 Å². The van der Waals surface area contributed by atoms with Crippen molar-refractivity contribution in [2.75, 3.05) is 39.0 Å². The van der Waals surface area contributed by atoms with E-state index in [0.717, 1.165) is 26.1 Å². The summed E-state index contributed by atoms with van der Waals surface area (Å²) in [6.45, 7) is 7.57. The van der Waals surface area contributed by atoms with Gasteiger partial charge in [-0.25, -0.2) is 12.7 Å². The molecule has 1 radical (unpaired) electrons. The van der Waals surface area contributed by atoms with E-state index in [1.807, 2.05) is 0 Å². The lowest BCUT2D eigenvalue weighted by atomic mass is 10.4. The van der Waals surface area contributed by atoms with Crippen molar-refractivity contribution in [2.24, 2.45) is 0 Å². The molecule has 0 aromatic rings. The van der Waals surface area contributed by atoms with Crippen molar-refractivity contribution >= 4 is 10.0 Å². The molecule has 77 valence electrons. The lowest BCUT2D eigenvalue weighted by Gasteiger charge is -2.18.